The lowest BCUT2D eigenvalue weighted by molar-refractivity contribution is 0.300. The van der Waals surface area contributed by atoms with Crippen molar-refractivity contribution in [2.24, 2.45) is 0 Å². The van der Waals surface area contributed by atoms with Crippen LogP contribution in [0.3, 0.4) is 0 Å². The molecule has 7 heteroatoms. The van der Waals surface area contributed by atoms with E-state index >= 15 is 0 Å². The molecule has 0 fully saturated rings. The highest BCUT2D eigenvalue weighted by atomic mass is 16.6. The maximum absolute atomic E-state index is 8.50. The second-order valence-corrected chi connectivity index (χ2v) is 2.67. The highest BCUT2D eigenvalue weighted by Gasteiger charge is 2.07. The SMILES string of the molecule is Cc1nonc1Cn1cnc(C#N)n1. The van der Waals surface area contributed by atoms with Crippen LogP contribution in [0, 0.1) is 18.3 Å². The van der Waals surface area contributed by atoms with Gasteiger partial charge in [-0.2, -0.15) is 5.26 Å². The minimum atomic E-state index is 0.138. The quantitative estimate of drug-likeness (QED) is 0.655. The molecule has 14 heavy (non-hydrogen) atoms. The van der Waals surface area contributed by atoms with E-state index in [9.17, 15) is 0 Å². The van der Waals surface area contributed by atoms with E-state index < -0.39 is 0 Å². The van der Waals surface area contributed by atoms with Gasteiger partial charge in [-0.3, -0.25) is 0 Å². The van der Waals surface area contributed by atoms with Gasteiger partial charge in [0.25, 0.3) is 5.82 Å². The van der Waals surface area contributed by atoms with Gasteiger partial charge in [-0.25, -0.2) is 14.3 Å². The number of aryl methyl sites for hydroxylation is 1. The van der Waals surface area contributed by atoms with Gasteiger partial charge >= 0.3 is 0 Å². The Morgan fingerprint density at radius 3 is 3.00 bits per heavy atom. The molecule has 0 spiro atoms. The summed E-state index contributed by atoms with van der Waals surface area (Å²) in [7, 11) is 0. The summed E-state index contributed by atoms with van der Waals surface area (Å²) in [6.07, 6.45) is 1.46. The first-order valence-corrected chi connectivity index (χ1v) is 3.87. The molecule has 0 atom stereocenters. The molecule has 0 aliphatic heterocycles. The summed E-state index contributed by atoms with van der Waals surface area (Å²) in [5.74, 6) is 0.138. The molecule has 0 saturated carbocycles. The highest BCUT2D eigenvalue weighted by molar-refractivity contribution is 5.08. The van der Waals surface area contributed by atoms with Crippen LogP contribution in [0.1, 0.15) is 17.2 Å². The predicted octanol–water partition coefficient (Wildman–Crippen LogP) is -0.111. The second-order valence-electron chi connectivity index (χ2n) is 2.67. The first kappa shape index (κ1) is 8.37. The summed E-state index contributed by atoms with van der Waals surface area (Å²) >= 11 is 0. The largest absolute Gasteiger partial charge is 0.252 e. The molecule has 2 rings (SSSR count). The monoisotopic (exact) mass is 190 g/mol. The molecule has 0 aromatic carbocycles. The average molecular weight is 190 g/mol. The van der Waals surface area contributed by atoms with Crippen molar-refractivity contribution in [2.45, 2.75) is 13.5 Å². The number of hydrogen-bond donors (Lipinski definition) is 0. The fraction of sp³-hybridized carbons (Fsp3) is 0.286. The Balaban J connectivity index is 2.20. The molecule has 0 radical (unpaired) electrons. The van der Waals surface area contributed by atoms with E-state index in [0.717, 1.165) is 0 Å². The fourth-order valence-electron chi connectivity index (χ4n) is 0.968. The first-order chi connectivity index (χ1) is 6.79. The number of nitriles is 1. The zero-order valence-corrected chi connectivity index (χ0v) is 7.38. The third-order valence-electron chi connectivity index (χ3n) is 1.69. The standard InChI is InChI=1S/C7H6N6O/c1-5-6(12-14-11-5)3-13-4-9-7(2-8)10-13/h4H,3H2,1H3. The summed E-state index contributed by atoms with van der Waals surface area (Å²) in [5, 5.41) is 19.7. The molecular formula is C7H6N6O. The first-order valence-electron chi connectivity index (χ1n) is 3.87. The molecule has 0 N–H and O–H groups in total. The van der Waals surface area contributed by atoms with Crippen molar-refractivity contribution in [2.75, 3.05) is 0 Å². The van der Waals surface area contributed by atoms with Crippen molar-refractivity contribution in [1.82, 2.24) is 25.1 Å². The van der Waals surface area contributed by atoms with Crippen molar-refractivity contribution < 1.29 is 4.63 Å². The molecule has 70 valence electrons. The third kappa shape index (κ3) is 1.45. The Morgan fingerprint density at radius 2 is 2.43 bits per heavy atom. The van der Waals surface area contributed by atoms with Gasteiger partial charge in [0.2, 0.25) is 0 Å². The maximum Gasteiger partial charge on any atom is 0.252 e. The Bertz CT molecular complexity index is 478. The van der Waals surface area contributed by atoms with E-state index in [1.807, 2.05) is 6.07 Å². The van der Waals surface area contributed by atoms with Gasteiger partial charge in [-0.1, -0.05) is 10.3 Å². The van der Waals surface area contributed by atoms with Crippen molar-refractivity contribution in [1.29, 1.82) is 5.26 Å². The molecule has 0 amide bonds. The van der Waals surface area contributed by atoms with E-state index in [0.29, 0.717) is 17.9 Å². The van der Waals surface area contributed by atoms with E-state index in [1.165, 1.54) is 11.0 Å². The Hall–Kier alpha value is -2.23. The zero-order valence-electron chi connectivity index (χ0n) is 7.38. The van der Waals surface area contributed by atoms with Crippen LogP contribution in [-0.2, 0) is 6.54 Å². The summed E-state index contributed by atoms with van der Waals surface area (Å²) in [4.78, 5) is 3.76. The molecule has 2 heterocycles. The number of nitrogens with zero attached hydrogens (tertiary/aromatic N) is 6. The van der Waals surface area contributed by atoms with Gasteiger partial charge in [0.05, 0.1) is 6.54 Å². The fourth-order valence-corrected chi connectivity index (χ4v) is 0.968. The van der Waals surface area contributed by atoms with Gasteiger partial charge < -0.3 is 0 Å². The van der Waals surface area contributed by atoms with Gasteiger partial charge in [0.1, 0.15) is 23.8 Å². The van der Waals surface area contributed by atoms with Gasteiger partial charge in [0.15, 0.2) is 0 Å². The minimum absolute atomic E-state index is 0.138. The summed E-state index contributed by atoms with van der Waals surface area (Å²) in [6, 6.07) is 1.84. The van der Waals surface area contributed by atoms with Gasteiger partial charge in [-0.15, -0.1) is 5.10 Å². The Labute approximate surface area is 78.9 Å². The Kier molecular flexibility index (Phi) is 1.95. The molecule has 0 unspecified atom stereocenters. The Morgan fingerprint density at radius 1 is 1.57 bits per heavy atom. The van der Waals surface area contributed by atoms with E-state index in [2.05, 4.69) is 25.0 Å². The number of rotatable bonds is 2. The van der Waals surface area contributed by atoms with Crippen LogP contribution < -0.4 is 0 Å². The number of hydrogen-bond acceptors (Lipinski definition) is 6. The molecule has 0 aliphatic carbocycles. The normalized spacial score (nSPS) is 10.0. The van der Waals surface area contributed by atoms with Crippen LogP contribution in [0.15, 0.2) is 11.0 Å². The van der Waals surface area contributed by atoms with Crippen molar-refractivity contribution in [3.8, 4) is 6.07 Å². The van der Waals surface area contributed by atoms with Crippen molar-refractivity contribution in [3.63, 3.8) is 0 Å². The highest BCUT2D eigenvalue weighted by Crippen LogP contribution is 2.02. The molecule has 7 nitrogen and oxygen atoms in total. The lowest BCUT2D eigenvalue weighted by atomic mass is 10.3. The summed E-state index contributed by atoms with van der Waals surface area (Å²) in [5.41, 5.74) is 1.39. The summed E-state index contributed by atoms with van der Waals surface area (Å²) < 4.78 is 6.03. The smallest absolute Gasteiger partial charge is 0.245 e. The lowest BCUT2D eigenvalue weighted by Gasteiger charge is -1.93. The van der Waals surface area contributed by atoms with E-state index in [4.69, 9.17) is 5.26 Å². The topological polar surface area (TPSA) is 93.4 Å². The lowest BCUT2D eigenvalue weighted by Crippen LogP contribution is -2.02. The van der Waals surface area contributed by atoms with Crippen LogP contribution in [0.25, 0.3) is 0 Å². The third-order valence-corrected chi connectivity index (χ3v) is 1.69. The van der Waals surface area contributed by atoms with E-state index in [-0.39, 0.29) is 5.82 Å². The molecule has 0 bridgehead atoms. The van der Waals surface area contributed by atoms with Crippen LogP contribution >= 0.6 is 0 Å². The van der Waals surface area contributed by atoms with E-state index in [1.54, 1.807) is 6.92 Å². The van der Waals surface area contributed by atoms with Crippen LogP contribution in [-0.4, -0.2) is 25.1 Å². The summed E-state index contributed by atoms with van der Waals surface area (Å²) in [6.45, 7) is 2.19. The molecule has 0 saturated heterocycles. The van der Waals surface area contributed by atoms with Crippen molar-refractivity contribution in [3.05, 3.63) is 23.5 Å². The maximum atomic E-state index is 8.50. The van der Waals surface area contributed by atoms with Gasteiger partial charge in [-0.05, 0) is 6.92 Å². The van der Waals surface area contributed by atoms with Gasteiger partial charge in [0, 0.05) is 0 Å². The molecule has 2 aromatic rings. The molecule has 0 aliphatic rings. The van der Waals surface area contributed by atoms with Crippen LogP contribution in [0.4, 0.5) is 0 Å². The predicted molar refractivity (Wildman–Crippen MR) is 42.9 cm³/mol. The molecular weight excluding hydrogens is 184 g/mol. The average Bonchev–Trinajstić information content (AvgIpc) is 2.77. The van der Waals surface area contributed by atoms with Crippen LogP contribution in [0.5, 0.6) is 0 Å². The molecule has 2 aromatic heterocycles. The second kappa shape index (κ2) is 3.26. The van der Waals surface area contributed by atoms with Crippen molar-refractivity contribution >= 4 is 0 Å². The zero-order chi connectivity index (χ0) is 9.97. The number of aromatic nitrogens is 5. The van der Waals surface area contributed by atoms with Crippen LogP contribution in [0.2, 0.25) is 0 Å². The minimum Gasteiger partial charge on any atom is -0.245 e.